The molecule has 2 aromatic carbocycles. The van der Waals surface area contributed by atoms with E-state index < -0.39 is 29.6 Å². The quantitative estimate of drug-likeness (QED) is 0.531. The van der Waals surface area contributed by atoms with E-state index >= 15 is 0 Å². The first-order chi connectivity index (χ1) is 16.1. The topological polar surface area (TPSA) is 84.9 Å². The molecule has 7 nitrogen and oxygen atoms in total. The van der Waals surface area contributed by atoms with Gasteiger partial charge in [0.25, 0.3) is 0 Å². The van der Waals surface area contributed by atoms with Gasteiger partial charge in [0.15, 0.2) is 0 Å². The monoisotopic (exact) mass is 486 g/mol. The summed E-state index contributed by atoms with van der Waals surface area (Å²) >= 11 is 6.50. The summed E-state index contributed by atoms with van der Waals surface area (Å²) in [6.45, 7) is 7.67. The van der Waals surface area contributed by atoms with E-state index in [2.05, 4.69) is 5.32 Å². The Bertz CT molecular complexity index is 1050. The Balaban J connectivity index is 1.94. The highest BCUT2D eigenvalue weighted by Crippen LogP contribution is 2.34. The third kappa shape index (κ3) is 6.29. The van der Waals surface area contributed by atoms with E-state index in [0.29, 0.717) is 23.6 Å². The van der Waals surface area contributed by atoms with Gasteiger partial charge in [0.2, 0.25) is 5.91 Å². The van der Waals surface area contributed by atoms with Crippen LogP contribution in [-0.4, -0.2) is 47.7 Å². The first-order valence-electron chi connectivity index (χ1n) is 11.5. The molecule has 0 aliphatic carbocycles. The fraction of sp³-hybridized carbons (Fsp3) is 0.423. The summed E-state index contributed by atoms with van der Waals surface area (Å²) in [4.78, 5) is 40.2. The summed E-state index contributed by atoms with van der Waals surface area (Å²) in [7, 11) is 0. The Morgan fingerprint density at radius 2 is 1.82 bits per heavy atom. The average molecular weight is 487 g/mol. The van der Waals surface area contributed by atoms with Gasteiger partial charge in [-0.15, -0.1) is 0 Å². The number of anilines is 1. The zero-order chi connectivity index (χ0) is 24.9. The number of piperidine rings is 1. The molecule has 2 amide bonds. The molecule has 0 bridgehead atoms. The number of hydrogen-bond acceptors (Lipinski definition) is 5. The molecular formula is C26H31ClN2O5. The van der Waals surface area contributed by atoms with Gasteiger partial charge in [0.05, 0.1) is 17.9 Å². The maximum atomic E-state index is 13.4. The van der Waals surface area contributed by atoms with E-state index in [1.54, 1.807) is 33.8 Å². The minimum atomic E-state index is -0.713. The minimum absolute atomic E-state index is 0.152. The number of ether oxygens (including phenoxy) is 2. The number of benzene rings is 2. The van der Waals surface area contributed by atoms with Gasteiger partial charge in [-0.3, -0.25) is 9.69 Å². The highest BCUT2D eigenvalue weighted by Gasteiger charge is 2.35. The zero-order valence-electron chi connectivity index (χ0n) is 20.0. The molecule has 2 aromatic rings. The van der Waals surface area contributed by atoms with Crippen LogP contribution in [0.3, 0.4) is 0 Å². The molecule has 0 unspecified atom stereocenters. The number of carbonyl (C=O) groups excluding carboxylic acids is 3. The van der Waals surface area contributed by atoms with Gasteiger partial charge in [0, 0.05) is 17.1 Å². The molecule has 0 aromatic heterocycles. The number of nitrogens with one attached hydrogen (secondary N) is 1. The lowest BCUT2D eigenvalue weighted by Crippen LogP contribution is -2.51. The highest BCUT2D eigenvalue weighted by atomic mass is 35.5. The van der Waals surface area contributed by atoms with E-state index in [9.17, 15) is 14.4 Å². The second-order valence-electron chi connectivity index (χ2n) is 9.14. The number of carbonyl (C=O) groups is 3. The lowest BCUT2D eigenvalue weighted by molar-refractivity contribution is -0.122. The molecule has 1 aliphatic heterocycles. The molecule has 1 heterocycles. The van der Waals surface area contributed by atoms with Crippen LogP contribution in [0.15, 0.2) is 42.5 Å². The van der Waals surface area contributed by atoms with Gasteiger partial charge in [-0.05, 0) is 64.7 Å². The Kier molecular flexibility index (Phi) is 8.20. The summed E-state index contributed by atoms with van der Waals surface area (Å²) in [6, 6.07) is 11.9. The van der Waals surface area contributed by atoms with E-state index in [4.69, 9.17) is 21.1 Å². The molecule has 1 N–H and O–H groups in total. The minimum Gasteiger partial charge on any atom is -0.462 e. The Morgan fingerprint density at radius 1 is 1.12 bits per heavy atom. The molecule has 182 valence electrons. The molecule has 1 saturated heterocycles. The lowest BCUT2D eigenvalue weighted by atomic mass is 10.00. The van der Waals surface area contributed by atoms with Crippen LogP contribution in [0.1, 0.15) is 57.3 Å². The zero-order valence-corrected chi connectivity index (χ0v) is 20.8. The van der Waals surface area contributed by atoms with E-state index in [-0.39, 0.29) is 17.9 Å². The number of hydrogen-bond donors (Lipinski definition) is 1. The number of likely N-dealkylation sites (tertiary alicyclic amines) is 1. The largest absolute Gasteiger partial charge is 0.462 e. The first kappa shape index (κ1) is 25.6. The molecule has 1 aliphatic rings. The fourth-order valence-electron chi connectivity index (χ4n) is 3.85. The predicted molar refractivity (Wildman–Crippen MR) is 132 cm³/mol. The van der Waals surface area contributed by atoms with Crippen molar-refractivity contribution in [3.63, 3.8) is 0 Å². The van der Waals surface area contributed by atoms with Crippen LogP contribution < -0.4 is 5.32 Å². The van der Waals surface area contributed by atoms with Gasteiger partial charge in [-0.1, -0.05) is 41.9 Å². The van der Waals surface area contributed by atoms with Gasteiger partial charge in [0.1, 0.15) is 11.6 Å². The van der Waals surface area contributed by atoms with Crippen LogP contribution in [0.5, 0.6) is 0 Å². The highest BCUT2D eigenvalue weighted by molar-refractivity contribution is 6.34. The summed E-state index contributed by atoms with van der Waals surface area (Å²) < 4.78 is 10.7. The smallest absolute Gasteiger partial charge is 0.410 e. The first-order valence-corrected chi connectivity index (χ1v) is 11.8. The van der Waals surface area contributed by atoms with Crippen molar-refractivity contribution in [3.8, 4) is 11.1 Å². The van der Waals surface area contributed by atoms with Crippen molar-refractivity contribution in [2.75, 3.05) is 18.5 Å². The number of nitrogens with zero attached hydrogens (tertiary/aromatic N) is 1. The summed E-state index contributed by atoms with van der Waals surface area (Å²) in [5.41, 5.74) is 1.26. The Morgan fingerprint density at radius 3 is 2.47 bits per heavy atom. The summed E-state index contributed by atoms with van der Waals surface area (Å²) in [5.74, 6) is -0.982. The Hall–Kier alpha value is -3.06. The molecule has 1 fully saturated rings. The second kappa shape index (κ2) is 10.9. The molecular weight excluding hydrogens is 456 g/mol. The van der Waals surface area contributed by atoms with Gasteiger partial charge in [-0.2, -0.15) is 0 Å². The maximum Gasteiger partial charge on any atom is 0.410 e. The van der Waals surface area contributed by atoms with Crippen molar-refractivity contribution in [1.29, 1.82) is 0 Å². The molecule has 0 spiro atoms. The number of esters is 1. The summed E-state index contributed by atoms with van der Waals surface area (Å²) in [6.07, 6.45) is 1.56. The van der Waals surface area contributed by atoms with Crippen molar-refractivity contribution in [3.05, 3.63) is 53.1 Å². The van der Waals surface area contributed by atoms with Crippen molar-refractivity contribution in [2.24, 2.45) is 0 Å². The molecule has 8 heteroatoms. The van der Waals surface area contributed by atoms with Crippen LogP contribution in [0, 0.1) is 0 Å². The van der Waals surface area contributed by atoms with Crippen molar-refractivity contribution < 1.29 is 23.9 Å². The van der Waals surface area contributed by atoms with Gasteiger partial charge >= 0.3 is 12.1 Å². The molecule has 3 rings (SSSR count). The van der Waals surface area contributed by atoms with Crippen molar-refractivity contribution in [2.45, 2.75) is 58.6 Å². The number of amides is 2. The van der Waals surface area contributed by atoms with Crippen molar-refractivity contribution >= 4 is 35.3 Å². The number of rotatable bonds is 5. The second-order valence-corrected chi connectivity index (χ2v) is 9.55. The van der Waals surface area contributed by atoms with E-state index in [1.807, 2.05) is 30.3 Å². The number of halogens is 1. The molecule has 1 atom stereocenters. The van der Waals surface area contributed by atoms with Crippen LogP contribution in [0.4, 0.5) is 10.5 Å². The van der Waals surface area contributed by atoms with Crippen LogP contribution >= 0.6 is 11.6 Å². The van der Waals surface area contributed by atoms with Crippen molar-refractivity contribution in [1.82, 2.24) is 4.90 Å². The van der Waals surface area contributed by atoms with Gasteiger partial charge in [-0.25, -0.2) is 9.59 Å². The maximum absolute atomic E-state index is 13.4. The van der Waals surface area contributed by atoms with Crippen LogP contribution in [0.25, 0.3) is 11.1 Å². The third-order valence-corrected chi connectivity index (χ3v) is 5.69. The molecule has 0 saturated carbocycles. The normalized spacial score (nSPS) is 16.0. The lowest BCUT2D eigenvalue weighted by Gasteiger charge is -2.35. The average Bonchev–Trinajstić information content (AvgIpc) is 2.79. The van der Waals surface area contributed by atoms with E-state index in [1.165, 1.54) is 11.0 Å². The van der Waals surface area contributed by atoms with Crippen LogP contribution in [-0.2, 0) is 14.3 Å². The molecule has 34 heavy (non-hydrogen) atoms. The summed E-state index contributed by atoms with van der Waals surface area (Å²) in [5, 5.41) is 3.22. The van der Waals surface area contributed by atoms with Crippen LogP contribution in [0.2, 0.25) is 5.02 Å². The standard InChI is InChI=1S/C26H31ClN2O5/c1-5-33-24(31)19-15-20(27)18(17-11-7-6-8-12-17)16-21(19)28-23(30)22-13-9-10-14-29(22)25(32)34-26(2,3)4/h6-8,11-12,15-16,22H,5,9-10,13-14H2,1-4H3,(H,28,30)/t22-/m1/s1. The van der Waals surface area contributed by atoms with Gasteiger partial charge < -0.3 is 14.8 Å². The third-order valence-electron chi connectivity index (χ3n) is 5.38. The predicted octanol–water partition coefficient (Wildman–Crippen LogP) is 5.91. The van der Waals surface area contributed by atoms with E-state index in [0.717, 1.165) is 18.4 Å². The molecule has 0 radical (unpaired) electrons. The fourth-order valence-corrected chi connectivity index (χ4v) is 4.13. The SMILES string of the molecule is CCOC(=O)c1cc(Cl)c(-c2ccccc2)cc1NC(=O)[C@H]1CCCCN1C(=O)OC(C)(C)C. The Labute approximate surface area is 205 Å².